The third kappa shape index (κ3) is 4.31. The fourth-order valence-electron chi connectivity index (χ4n) is 3.42. The maximum Gasteiger partial charge on any atom is 0.417 e. The zero-order chi connectivity index (χ0) is 23.0. The number of fused-ring (bicyclic) bond motifs is 1. The molecule has 0 aliphatic rings. The van der Waals surface area contributed by atoms with Gasteiger partial charge in [0.1, 0.15) is 0 Å². The second-order valence-electron chi connectivity index (χ2n) is 7.02. The van der Waals surface area contributed by atoms with Gasteiger partial charge in [-0.1, -0.05) is 53.7 Å². The Morgan fingerprint density at radius 1 is 1.09 bits per heavy atom. The smallest absolute Gasteiger partial charge is 0.311 e. The van der Waals surface area contributed by atoms with Crippen molar-refractivity contribution in [1.29, 1.82) is 0 Å². The fourth-order valence-corrected chi connectivity index (χ4v) is 4.70. The molecule has 1 atom stereocenters. The molecule has 0 aliphatic carbocycles. The Labute approximate surface area is 190 Å². The molecule has 0 aliphatic heterocycles. The van der Waals surface area contributed by atoms with Crippen LogP contribution in [0.5, 0.6) is 0 Å². The number of alkyl halides is 3. The summed E-state index contributed by atoms with van der Waals surface area (Å²) < 4.78 is 42.9. The topological polar surface area (TPSA) is 61.0 Å². The number of hydrogen-bond donors (Lipinski definition) is 0. The number of nitro groups is 1. The van der Waals surface area contributed by atoms with Gasteiger partial charge >= 0.3 is 6.18 Å². The second-order valence-corrected chi connectivity index (χ2v) is 8.47. The van der Waals surface area contributed by atoms with Gasteiger partial charge in [-0.05, 0) is 36.8 Å². The van der Waals surface area contributed by atoms with E-state index in [4.69, 9.17) is 11.6 Å². The van der Waals surface area contributed by atoms with Crippen molar-refractivity contribution >= 4 is 40.1 Å². The highest BCUT2D eigenvalue weighted by Crippen LogP contribution is 2.42. The molecule has 5 nitrogen and oxygen atoms in total. The van der Waals surface area contributed by atoms with Gasteiger partial charge in [-0.15, -0.1) is 0 Å². The van der Waals surface area contributed by atoms with Gasteiger partial charge in [0.05, 0.1) is 27.6 Å². The lowest BCUT2D eigenvalue weighted by Crippen LogP contribution is -2.10. The number of aromatic nitrogens is 2. The van der Waals surface area contributed by atoms with Crippen LogP contribution in [0.4, 0.5) is 18.9 Å². The van der Waals surface area contributed by atoms with E-state index in [0.717, 1.165) is 29.5 Å². The van der Waals surface area contributed by atoms with E-state index in [-0.39, 0.29) is 10.9 Å². The maximum absolute atomic E-state index is 13.7. The van der Waals surface area contributed by atoms with Crippen molar-refractivity contribution in [2.45, 2.75) is 29.2 Å². The number of imidazole rings is 1. The number of nitro benzene ring substituents is 1. The SMILES string of the molecule is CC(c1ccccc1)n1c(Sc2ccc([N+](=O)[O-])cc2C(F)(F)F)nc2cc(Cl)ccc21. The molecule has 32 heavy (non-hydrogen) atoms. The molecular formula is C22H15ClF3N3O2S. The van der Waals surface area contributed by atoms with Crippen molar-refractivity contribution in [3.8, 4) is 0 Å². The number of rotatable bonds is 5. The largest absolute Gasteiger partial charge is 0.417 e. The zero-order valence-corrected chi connectivity index (χ0v) is 18.1. The summed E-state index contributed by atoms with van der Waals surface area (Å²) in [7, 11) is 0. The maximum atomic E-state index is 13.7. The molecule has 4 rings (SSSR count). The minimum atomic E-state index is -4.76. The van der Waals surface area contributed by atoms with E-state index in [2.05, 4.69) is 4.98 Å². The Hall–Kier alpha value is -3.04. The van der Waals surface area contributed by atoms with E-state index in [1.54, 1.807) is 18.2 Å². The normalized spacial score (nSPS) is 12.8. The number of benzene rings is 3. The van der Waals surface area contributed by atoms with Gasteiger partial charge in [-0.2, -0.15) is 13.2 Å². The van der Waals surface area contributed by atoms with Crippen LogP contribution in [0.3, 0.4) is 0 Å². The van der Waals surface area contributed by atoms with E-state index in [0.29, 0.717) is 27.3 Å². The van der Waals surface area contributed by atoms with Crippen molar-refractivity contribution in [1.82, 2.24) is 9.55 Å². The van der Waals surface area contributed by atoms with E-state index in [1.807, 2.05) is 41.8 Å². The molecule has 10 heteroatoms. The average Bonchev–Trinajstić information content (AvgIpc) is 3.09. The predicted molar refractivity (Wildman–Crippen MR) is 117 cm³/mol. The average molecular weight is 478 g/mol. The highest BCUT2D eigenvalue weighted by molar-refractivity contribution is 7.99. The first-order chi connectivity index (χ1) is 15.1. The van der Waals surface area contributed by atoms with Crippen molar-refractivity contribution in [3.63, 3.8) is 0 Å². The van der Waals surface area contributed by atoms with E-state index >= 15 is 0 Å². The molecule has 0 saturated carbocycles. The standard InChI is InChI=1S/C22H15ClF3N3O2S/c1-13(14-5-3-2-4-6-14)28-19-9-7-15(23)11-18(19)27-21(28)32-20-10-8-16(29(30)31)12-17(20)22(24,25)26/h2-13H,1H3. The van der Waals surface area contributed by atoms with E-state index in [9.17, 15) is 23.3 Å². The molecule has 0 bridgehead atoms. The third-order valence-electron chi connectivity index (χ3n) is 4.97. The summed E-state index contributed by atoms with van der Waals surface area (Å²) in [5.41, 5.74) is 0.491. The minimum absolute atomic E-state index is 0.175. The van der Waals surface area contributed by atoms with Crippen LogP contribution in [0.1, 0.15) is 24.1 Å². The van der Waals surface area contributed by atoms with Crippen LogP contribution in [0.2, 0.25) is 5.02 Å². The molecule has 0 N–H and O–H groups in total. The van der Waals surface area contributed by atoms with Crippen molar-refractivity contribution in [2.24, 2.45) is 0 Å². The monoisotopic (exact) mass is 477 g/mol. The molecular weight excluding hydrogens is 463 g/mol. The first kappa shape index (κ1) is 22.2. The third-order valence-corrected chi connectivity index (χ3v) is 6.25. The molecule has 0 spiro atoms. The van der Waals surface area contributed by atoms with E-state index in [1.165, 1.54) is 0 Å². The molecule has 4 aromatic rings. The number of halogens is 4. The van der Waals surface area contributed by atoms with Crippen LogP contribution in [0, 0.1) is 10.1 Å². The Balaban J connectivity index is 1.88. The molecule has 1 unspecified atom stereocenters. The van der Waals surface area contributed by atoms with Crippen LogP contribution in [0.25, 0.3) is 11.0 Å². The molecule has 1 heterocycles. The van der Waals surface area contributed by atoms with Gasteiger partial charge < -0.3 is 4.57 Å². The van der Waals surface area contributed by atoms with Gasteiger partial charge in [-0.3, -0.25) is 10.1 Å². The number of nitrogens with zero attached hydrogens (tertiary/aromatic N) is 3. The Morgan fingerprint density at radius 2 is 1.81 bits per heavy atom. The lowest BCUT2D eigenvalue weighted by molar-refractivity contribution is -0.385. The van der Waals surface area contributed by atoms with Crippen LogP contribution in [-0.2, 0) is 6.18 Å². The lowest BCUT2D eigenvalue weighted by Gasteiger charge is -2.19. The molecule has 1 aromatic heterocycles. The predicted octanol–water partition coefficient (Wildman–Crippen LogP) is 7.38. The molecule has 3 aromatic carbocycles. The summed E-state index contributed by atoms with van der Waals surface area (Å²) in [5.74, 6) is 0. The zero-order valence-electron chi connectivity index (χ0n) is 16.5. The summed E-state index contributed by atoms with van der Waals surface area (Å²) in [5, 5.41) is 11.8. The molecule has 0 fully saturated rings. The summed E-state index contributed by atoms with van der Waals surface area (Å²) in [6, 6.07) is 17.1. The number of non-ortho nitro benzene ring substituents is 1. The van der Waals surface area contributed by atoms with Gasteiger partial charge in [0.15, 0.2) is 5.16 Å². The quantitative estimate of drug-likeness (QED) is 0.222. The highest BCUT2D eigenvalue weighted by atomic mass is 35.5. The fraction of sp³-hybridized carbons (Fsp3) is 0.136. The Morgan fingerprint density at radius 3 is 2.47 bits per heavy atom. The van der Waals surface area contributed by atoms with Gasteiger partial charge in [0, 0.05) is 22.1 Å². The van der Waals surface area contributed by atoms with Gasteiger partial charge in [0.25, 0.3) is 5.69 Å². The van der Waals surface area contributed by atoms with Crippen molar-refractivity contribution < 1.29 is 18.1 Å². The van der Waals surface area contributed by atoms with Crippen molar-refractivity contribution in [3.05, 3.63) is 93.0 Å². The van der Waals surface area contributed by atoms with Gasteiger partial charge in [0.2, 0.25) is 0 Å². The van der Waals surface area contributed by atoms with Crippen LogP contribution < -0.4 is 0 Å². The minimum Gasteiger partial charge on any atom is -0.311 e. The molecule has 0 saturated heterocycles. The van der Waals surface area contributed by atoms with Crippen LogP contribution >= 0.6 is 23.4 Å². The summed E-state index contributed by atoms with van der Waals surface area (Å²) in [6.07, 6.45) is -4.76. The second kappa shape index (κ2) is 8.48. The summed E-state index contributed by atoms with van der Waals surface area (Å²) in [6.45, 7) is 1.93. The van der Waals surface area contributed by atoms with E-state index < -0.39 is 22.4 Å². The summed E-state index contributed by atoms with van der Waals surface area (Å²) >= 11 is 6.91. The highest BCUT2D eigenvalue weighted by Gasteiger charge is 2.36. The molecule has 0 amide bonds. The van der Waals surface area contributed by atoms with Crippen molar-refractivity contribution in [2.75, 3.05) is 0 Å². The molecule has 164 valence electrons. The first-order valence-electron chi connectivity index (χ1n) is 9.41. The number of hydrogen-bond acceptors (Lipinski definition) is 4. The lowest BCUT2D eigenvalue weighted by atomic mass is 10.1. The Bertz CT molecular complexity index is 1310. The van der Waals surface area contributed by atoms with Crippen LogP contribution in [0.15, 0.2) is 76.8 Å². The van der Waals surface area contributed by atoms with Gasteiger partial charge in [-0.25, -0.2) is 4.98 Å². The molecule has 0 radical (unpaired) electrons. The Kier molecular flexibility index (Phi) is 5.87. The summed E-state index contributed by atoms with van der Waals surface area (Å²) in [4.78, 5) is 14.5. The first-order valence-corrected chi connectivity index (χ1v) is 10.6. The van der Waals surface area contributed by atoms with Crippen LogP contribution in [-0.4, -0.2) is 14.5 Å².